The van der Waals surface area contributed by atoms with Crippen molar-refractivity contribution < 1.29 is 0 Å². The molecule has 1 heterocycles. The molecule has 1 nitrogen and oxygen atoms in total. The van der Waals surface area contributed by atoms with E-state index in [1.165, 1.54) is 52.0 Å². The van der Waals surface area contributed by atoms with Crippen LogP contribution in [0.1, 0.15) is 48.2 Å². The van der Waals surface area contributed by atoms with Crippen molar-refractivity contribution in [2.75, 3.05) is 0 Å². The Labute approximate surface area is 123 Å². The highest BCUT2D eigenvalue weighted by atomic mass is 15.0. The van der Waals surface area contributed by atoms with Crippen molar-refractivity contribution >= 4 is 0 Å². The molecule has 0 atom stereocenters. The third kappa shape index (κ3) is 2.54. The maximum Gasteiger partial charge on any atom is 0.0485 e. The molecule has 0 saturated carbocycles. The average Bonchev–Trinajstić information content (AvgIpc) is 2.68. The predicted molar refractivity (Wildman–Crippen MR) is 88.4 cm³/mol. The number of hydrogen-bond acceptors (Lipinski definition) is 0. The zero-order chi connectivity index (χ0) is 14.9. The highest BCUT2D eigenvalue weighted by Gasteiger charge is 2.12. The van der Waals surface area contributed by atoms with Gasteiger partial charge in [-0.05, 0) is 68.0 Å². The number of nitrogens with zero attached hydrogens (tertiary/aromatic N) is 1. The number of hydrogen-bond donors (Lipinski definition) is 0. The number of aryl methyl sites for hydroxylation is 4. The first-order valence-corrected chi connectivity index (χ1v) is 7.75. The van der Waals surface area contributed by atoms with Gasteiger partial charge in [-0.2, -0.15) is 0 Å². The van der Waals surface area contributed by atoms with E-state index >= 15 is 0 Å². The van der Waals surface area contributed by atoms with Crippen LogP contribution < -0.4 is 0 Å². The Balaban J connectivity index is 2.61. The molecule has 20 heavy (non-hydrogen) atoms. The Hall–Kier alpha value is -1.50. The van der Waals surface area contributed by atoms with Gasteiger partial charge < -0.3 is 4.57 Å². The summed E-state index contributed by atoms with van der Waals surface area (Å²) in [5, 5.41) is 0. The summed E-state index contributed by atoms with van der Waals surface area (Å²) < 4.78 is 2.32. The van der Waals surface area contributed by atoms with Crippen LogP contribution >= 0.6 is 0 Å². The van der Waals surface area contributed by atoms with Gasteiger partial charge in [0.25, 0.3) is 0 Å². The van der Waals surface area contributed by atoms with Crippen molar-refractivity contribution in [2.24, 2.45) is 7.05 Å². The summed E-state index contributed by atoms with van der Waals surface area (Å²) in [7, 11) is 2.17. The van der Waals surface area contributed by atoms with E-state index in [0.717, 1.165) is 6.42 Å². The van der Waals surface area contributed by atoms with Crippen LogP contribution in [0.15, 0.2) is 18.2 Å². The van der Waals surface area contributed by atoms with E-state index in [1.54, 1.807) is 0 Å². The normalized spacial score (nSPS) is 11.1. The highest BCUT2D eigenvalue weighted by molar-refractivity contribution is 5.68. The second-order valence-corrected chi connectivity index (χ2v) is 5.90. The maximum absolute atomic E-state index is 2.42. The zero-order valence-electron chi connectivity index (χ0n) is 13.8. The smallest absolute Gasteiger partial charge is 0.0485 e. The van der Waals surface area contributed by atoms with E-state index in [-0.39, 0.29) is 0 Å². The minimum absolute atomic E-state index is 1.13. The first-order chi connectivity index (χ1) is 9.49. The Morgan fingerprint density at radius 2 is 1.60 bits per heavy atom. The van der Waals surface area contributed by atoms with Gasteiger partial charge in [0, 0.05) is 24.0 Å². The molecular weight excluding hydrogens is 242 g/mol. The van der Waals surface area contributed by atoms with Crippen LogP contribution in [0, 0.1) is 20.8 Å². The van der Waals surface area contributed by atoms with E-state index in [2.05, 4.69) is 64.4 Å². The second-order valence-electron chi connectivity index (χ2n) is 5.90. The monoisotopic (exact) mass is 269 g/mol. The van der Waals surface area contributed by atoms with Crippen molar-refractivity contribution in [1.29, 1.82) is 0 Å². The van der Waals surface area contributed by atoms with Gasteiger partial charge in [-0.25, -0.2) is 0 Å². The lowest BCUT2D eigenvalue weighted by atomic mass is 9.93. The van der Waals surface area contributed by atoms with Crippen molar-refractivity contribution in [3.05, 3.63) is 46.1 Å². The minimum Gasteiger partial charge on any atom is -0.348 e. The van der Waals surface area contributed by atoms with Crippen LogP contribution in [0.25, 0.3) is 11.3 Å². The van der Waals surface area contributed by atoms with Gasteiger partial charge in [0.2, 0.25) is 0 Å². The lowest BCUT2D eigenvalue weighted by molar-refractivity contribution is 0.878. The molecule has 0 aliphatic rings. The van der Waals surface area contributed by atoms with Gasteiger partial charge >= 0.3 is 0 Å². The summed E-state index contributed by atoms with van der Waals surface area (Å²) >= 11 is 0. The standard InChI is InChI=1S/C19H27N/c1-7-9-17-12-18(14(4)10-16(17)8-2)19-11-13(3)15(5)20(19)6/h10-12H,7-9H2,1-6H3. The fraction of sp³-hybridized carbons (Fsp3) is 0.474. The molecule has 0 spiro atoms. The molecule has 0 saturated heterocycles. The fourth-order valence-corrected chi connectivity index (χ4v) is 3.03. The Kier molecular flexibility index (Phi) is 4.37. The fourth-order valence-electron chi connectivity index (χ4n) is 3.03. The molecule has 2 aromatic rings. The van der Waals surface area contributed by atoms with Gasteiger partial charge in [-0.15, -0.1) is 0 Å². The van der Waals surface area contributed by atoms with Gasteiger partial charge in [-0.3, -0.25) is 0 Å². The summed E-state index contributed by atoms with van der Waals surface area (Å²) in [6.45, 7) is 11.1. The largest absolute Gasteiger partial charge is 0.348 e. The summed E-state index contributed by atoms with van der Waals surface area (Å²) in [4.78, 5) is 0. The topological polar surface area (TPSA) is 4.93 Å². The molecule has 0 bridgehead atoms. The predicted octanol–water partition coefficient (Wildman–Crippen LogP) is 5.13. The summed E-state index contributed by atoms with van der Waals surface area (Å²) in [6, 6.07) is 7.13. The van der Waals surface area contributed by atoms with Gasteiger partial charge in [0.05, 0.1) is 0 Å². The third-order valence-electron chi connectivity index (χ3n) is 4.51. The SMILES string of the molecule is CCCc1cc(-c2cc(C)c(C)n2C)c(C)cc1CC. The molecule has 0 fully saturated rings. The Morgan fingerprint density at radius 3 is 2.10 bits per heavy atom. The molecular formula is C19H27N. The first kappa shape index (κ1) is 14.9. The van der Waals surface area contributed by atoms with E-state index < -0.39 is 0 Å². The van der Waals surface area contributed by atoms with E-state index in [0.29, 0.717) is 0 Å². The zero-order valence-corrected chi connectivity index (χ0v) is 13.8. The molecule has 0 unspecified atom stereocenters. The Morgan fingerprint density at radius 1 is 0.900 bits per heavy atom. The lowest BCUT2D eigenvalue weighted by Gasteiger charge is -2.14. The van der Waals surface area contributed by atoms with Crippen LogP contribution in [0.5, 0.6) is 0 Å². The number of aromatic nitrogens is 1. The maximum atomic E-state index is 2.42. The van der Waals surface area contributed by atoms with E-state index in [1.807, 2.05) is 0 Å². The molecule has 1 aromatic carbocycles. The summed E-state index contributed by atoms with van der Waals surface area (Å²) in [5.41, 5.74) is 9.89. The molecule has 1 aromatic heterocycles. The molecule has 0 aliphatic carbocycles. The van der Waals surface area contributed by atoms with Gasteiger partial charge in [0.1, 0.15) is 0 Å². The van der Waals surface area contributed by atoms with Crippen LogP contribution in [-0.4, -0.2) is 4.57 Å². The summed E-state index contributed by atoms with van der Waals surface area (Å²) in [6.07, 6.45) is 3.52. The molecule has 2 rings (SSSR count). The molecule has 0 radical (unpaired) electrons. The average molecular weight is 269 g/mol. The van der Waals surface area contributed by atoms with Crippen molar-refractivity contribution in [3.8, 4) is 11.3 Å². The van der Waals surface area contributed by atoms with Crippen LogP contribution in [0.4, 0.5) is 0 Å². The van der Waals surface area contributed by atoms with Crippen LogP contribution in [0.3, 0.4) is 0 Å². The van der Waals surface area contributed by atoms with Crippen molar-refractivity contribution in [3.63, 3.8) is 0 Å². The second kappa shape index (κ2) is 5.87. The quantitative estimate of drug-likeness (QED) is 0.725. The molecule has 0 aliphatic heterocycles. The van der Waals surface area contributed by atoms with Gasteiger partial charge in [0.15, 0.2) is 0 Å². The highest BCUT2D eigenvalue weighted by Crippen LogP contribution is 2.30. The van der Waals surface area contributed by atoms with E-state index in [9.17, 15) is 0 Å². The molecule has 0 amide bonds. The van der Waals surface area contributed by atoms with Crippen LogP contribution in [0.2, 0.25) is 0 Å². The van der Waals surface area contributed by atoms with E-state index in [4.69, 9.17) is 0 Å². The molecule has 0 N–H and O–H groups in total. The number of benzene rings is 1. The van der Waals surface area contributed by atoms with Gasteiger partial charge in [-0.1, -0.05) is 26.3 Å². The van der Waals surface area contributed by atoms with Crippen molar-refractivity contribution in [1.82, 2.24) is 4.57 Å². The lowest BCUT2D eigenvalue weighted by Crippen LogP contribution is -2.00. The Bertz CT molecular complexity index is 617. The molecule has 108 valence electrons. The van der Waals surface area contributed by atoms with Crippen molar-refractivity contribution in [2.45, 2.75) is 53.9 Å². The van der Waals surface area contributed by atoms with Crippen LogP contribution in [-0.2, 0) is 19.9 Å². The number of rotatable bonds is 4. The molecule has 1 heteroatoms. The minimum atomic E-state index is 1.13. The third-order valence-corrected chi connectivity index (χ3v) is 4.51. The first-order valence-electron chi connectivity index (χ1n) is 7.75. The summed E-state index contributed by atoms with van der Waals surface area (Å²) in [5.74, 6) is 0.